The second-order valence-electron chi connectivity index (χ2n) is 9.72. The van der Waals surface area contributed by atoms with E-state index in [2.05, 4.69) is 5.32 Å². The van der Waals surface area contributed by atoms with Crippen molar-refractivity contribution in [1.29, 1.82) is 0 Å². The molecule has 1 spiro atoms. The van der Waals surface area contributed by atoms with Crippen LogP contribution in [0.5, 0.6) is 0 Å². The molecule has 0 bridgehead atoms. The molecule has 3 aromatic rings. The van der Waals surface area contributed by atoms with Crippen molar-refractivity contribution >= 4 is 23.2 Å². The fourth-order valence-electron chi connectivity index (χ4n) is 5.54. The van der Waals surface area contributed by atoms with Crippen molar-refractivity contribution < 1.29 is 14.0 Å². The van der Waals surface area contributed by atoms with E-state index in [1.165, 1.54) is 6.07 Å². The molecule has 2 saturated heterocycles. The van der Waals surface area contributed by atoms with Crippen molar-refractivity contribution in [3.05, 3.63) is 95.8 Å². The van der Waals surface area contributed by atoms with Crippen molar-refractivity contribution in [2.24, 2.45) is 5.41 Å². The number of carbonyl (C=O) groups is 2. The monoisotopic (exact) mass is 471 g/mol. The maximum Gasteiger partial charge on any atom is 0.255 e. The number of nitrogens with one attached hydrogen (secondary N) is 1. The fraction of sp³-hybridized carbons (Fsp3) is 0.310. The third-order valence-corrected chi connectivity index (χ3v) is 7.53. The number of likely N-dealkylation sites (N-methyl/N-ethyl adjacent to an activating group) is 1. The number of nitrogens with zero attached hydrogens (tertiary/aromatic N) is 2. The molecule has 3 aromatic carbocycles. The predicted molar refractivity (Wildman–Crippen MR) is 135 cm³/mol. The summed E-state index contributed by atoms with van der Waals surface area (Å²) in [5.41, 5.74) is 2.80. The molecule has 2 aliphatic heterocycles. The Balaban J connectivity index is 1.26. The molecule has 1 atom stereocenters. The van der Waals surface area contributed by atoms with Gasteiger partial charge >= 0.3 is 0 Å². The van der Waals surface area contributed by atoms with Crippen LogP contribution in [0, 0.1) is 11.2 Å². The van der Waals surface area contributed by atoms with E-state index in [0.717, 1.165) is 23.4 Å². The van der Waals surface area contributed by atoms with Gasteiger partial charge in [-0.2, -0.15) is 0 Å². The van der Waals surface area contributed by atoms with Crippen molar-refractivity contribution in [3.8, 4) is 0 Å². The zero-order chi connectivity index (χ0) is 24.4. The van der Waals surface area contributed by atoms with Crippen molar-refractivity contribution in [2.75, 3.05) is 25.5 Å². The third kappa shape index (κ3) is 4.65. The second kappa shape index (κ2) is 9.53. The SMILES string of the molecule is CN1C(=O)C2(CCN(C(=O)c3ccccc3Nc3ccccc3)CC2)C[C@H]1Cc1cccc(F)c1. The number of halogens is 1. The predicted octanol–water partition coefficient (Wildman–Crippen LogP) is 5.27. The minimum Gasteiger partial charge on any atom is -0.355 e. The largest absolute Gasteiger partial charge is 0.355 e. The highest BCUT2D eigenvalue weighted by atomic mass is 19.1. The maximum atomic E-state index is 13.6. The van der Waals surface area contributed by atoms with E-state index in [0.29, 0.717) is 37.9 Å². The highest BCUT2D eigenvalue weighted by Crippen LogP contribution is 2.45. The maximum absolute atomic E-state index is 13.6. The van der Waals surface area contributed by atoms with Gasteiger partial charge in [0.1, 0.15) is 5.82 Å². The average Bonchev–Trinajstić information content (AvgIpc) is 3.09. The number of hydrogen-bond acceptors (Lipinski definition) is 3. The van der Waals surface area contributed by atoms with Crippen LogP contribution in [-0.2, 0) is 11.2 Å². The van der Waals surface area contributed by atoms with Crippen LogP contribution in [-0.4, -0.2) is 47.8 Å². The van der Waals surface area contributed by atoms with Gasteiger partial charge in [0.25, 0.3) is 5.91 Å². The molecular weight excluding hydrogens is 441 g/mol. The molecule has 0 saturated carbocycles. The van der Waals surface area contributed by atoms with Gasteiger partial charge < -0.3 is 15.1 Å². The van der Waals surface area contributed by atoms with Crippen LogP contribution in [0.3, 0.4) is 0 Å². The molecule has 2 aliphatic rings. The summed E-state index contributed by atoms with van der Waals surface area (Å²) in [4.78, 5) is 30.4. The van der Waals surface area contributed by atoms with Crippen LogP contribution in [0.4, 0.5) is 15.8 Å². The minimum atomic E-state index is -0.439. The molecule has 1 N–H and O–H groups in total. The minimum absolute atomic E-state index is 0.0195. The molecule has 0 aliphatic carbocycles. The number of rotatable bonds is 5. The van der Waals surface area contributed by atoms with Crippen LogP contribution in [0.2, 0.25) is 0 Å². The van der Waals surface area contributed by atoms with Crippen molar-refractivity contribution in [1.82, 2.24) is 9.80 Å². The number of carbonyl (C=O) groups excluding carboxylic acids is 2. The van der Waals surface area contributed by atoms with Crippen LogP contribution in [0.1, 0.15) is 35.2 Å². The van der Waals surface area contributed by atoms with E-state index in [9.17, 15) is 14.0 Å². The molecule has 5 nitrogen and oxygen atoms in total. The zero-order valence-electron chi connectivity index (χ0n) is 19.9. The molecule has 2 fully saturated rings. The standard InChI is InChI=1S/C29H30FN3O2/c1-32-24(19-21-8-7-9-22(30)18-21)20-29(28(32)35)14-16-33(17-15-29)27(34)25-12-5-6-13-26(25)31-23-10-3-2-4-11-23/h2-13,18,24,31H,14-17,19-20H2,1H3/t24-/m1/s1. The van der Waals surface area contributed by atoms with Gasteiger partial charge in [-0.1, -0.05) is 42.5 Å². The van der Waals surface area contributed by atoms with E-state index in [1.807, 2.05) is 77.5 Å². The molecule has 0 unspecified atom stereocenters. The Bertz CT molecular complexity index is 1220. The van der Waals surface area contributed by atoms with Gasteiger partial charge in [0.05, 0.1) is 16.7 Å². The van der Waals surface area contributed by atoms with Crippen molar-refractivity contribution in [3.63, 3.8) is 0 Å². The molecule has 2 amide bonds. The van der Waals surface area contributed by atoms with Crippen LogP contribution < -0.4 is 5.32 Å². The normalized spacial score (nSPS) is 19.3. The Morgan fingerprint density at radius 3 is 2.46 bits per heavy atom. The highest BCUT2D eigenvalue weighted by Gasteiger charge is 2.51. The first kappa shape index (κ1) is 23.1. The quantitative estimate of drug-likeness (QED) is 0.552. The van der Waals surface area contributed by atoms with Gasteiger partial charge in [0, 0.05) is 31.9 Å². The van der Waals surface area contributed by atoms with Crippen LogP contribution in [0.25, 0.3) is 0 Å². The van der Waals surface area contributed by atoms with Crippen LogP contribution in [0.15, 0.2) is 78.9 Å². The van der Waals surface area contributed by atoms with E-state index in [4.69, 9.17) is 0 Å². The van der Waals surface area contributed by atoms with Gasteiger partial charge in [-0.25, -0.2) is 4.39 Å². The summed E-state index contributed by atoms with van der Waals surface area (Å²) >= 11 is 0. The molecule has 5 rings (SSSR count). The first-order valence-electron chi connectivity index (χ1n) is 12.2. The molecule has 0 aromatic heterocycles. The number of benzene rings is 3. The third-order valence-electron chi connectivity index (χ3n) is 7.53. The average molecular weight is 472 g/mol. The molecular formula is C29H30FN3O2. The zero-order valence-corrected chi connectivity index (χ0v) is 19.9. The molecule has 6 heteroatoms. The lowest BCUT2D eigenvalue weighted by atomic mass is 9.75. The molecule has 2 heterocycles. The summed E-state index contributed by atoms with van der Waals surface area (Å²) in [7, 11) is 1.85. The van der Waals surface area contributed by atoms with Gasteiger partial charge in [0.15, 0.2) is 0 Å². The molecule has 180 valence electrons. The number of hydrogen-bond donors (Lipinski definition) is 1. The number of likely N-dealkylation sites (tertiary alicyclic amines) is 2. The Labute approximate surface area is 205 Å². The Hall–Kier alpha value is -3.67. The van der Waals surface area contributed by atoms with E-state index in [-0.39, 0.29) is 23.7 Å². The topological polar surface area (TPSA) is 52.7 Å². The van der Waals surface area contributed by atoms with E-state index in [1.54, 1.807) is 12.1 Å². The van der Waals surface area contributed by atoms with Gasteiger partial charge in [0.2, 0.25) is 5.91 Å². The lowest BCUT2D eigenvalue weighted by Gasteiger charge is -2.38. The summed E-state index contributed by atoms with van der Waals surface area (Å²) in [5.74, 6) is -0.121. The number of amides is 2. The number of para-hydroxylation sites is 2. The van der Waals surface area contributed by atoms with E-state index < -0.39 is 5.41 Å². The van der Waals surface area contributed by atoms with Crippen LogP contribution >= 0.6 is 0 Å². The Morgan fingerprint density at radius 1 is 1.00 bits per heavy atom. The van der Waals surface area contributed by atoms with Gasteiger partial charge in [-0.3, -0.25) is 9.59 Å². The summed E-state index contributed by atoms with van der Waals surface area (Å²) in [6, 6.07) is 24.0. The molecule has 35 heavy (non-hydrogen) atoms. The summed E-state index contributed by atoms with van der Waals surface area (Å²) in [6.07, 6.45) is 2.68. The number of anilines is 2. The van der Waals surface area contributed by atoms with E-state index >= 15 is 0 Å². The first-order chi connectivity index (χ1) is 16.9. The van der Waals surface area contributed by atoms with Gasteiger partial charge in [-0.15, -0.1) is 0 Å². The Kier molecular flexibility index (Phi) is 6.29. The first-order valence-corrected chi connectivity index (χ1v) is 12.2. The molecule has 0 radical (unpaired) electrons. The summed E-state index contributed by atoms with van der Waals surface area (Å²) in [5, 5.41) is 3.35. The second-order valence-corrected chi connectivity index (χ2v) is 9.72. The van der Waals surface area contributed by atoms with Crippen molar-refractivity contribution in [2.45, 2.75) is 31.7 Å². The lowest BCUT2D eigenvalue weighted by molar-refractivity contribution is -0.137. The Morgan fingerprint density at radius 2 is 1.71 bits per heavy atom. The number of piperidine rings is 1. The van der Waals surface area contributed by atoms with Gasteiger partial charge in [-0.05, 0) is 67.6 Å². The summed E-state index contributed by atoms with van der Waals surface area (Å²) < 4.78 is 13.6. The fourth-order valence-corrected chi connectivity index (χ4v) is 5.54. The lowest BCUT2D eigenvalue weighted by Crippen LogP contribution is -2.46. The highest BCUT2D eigenvalue weighted by molar-refractivity contribution is 6.00. The summed E-state index contributed by atoms with van der Waals surface area (Å²) in [6.45, 7) is 1.09. The smallest absolute Gasteiger partial charge is 0.255 e.